The lowest BCUT2D eigenvalue weighted by Gasteiger charge is -2.29. The summed E-state index contributed by atoms with van der Waals surface area (Å²) in [6, 6.07) is 17.0. The van der Waals surface area contributed by atoms with Gasteiger partial charge in [-0.2, -0.15) is 10.2 Å². The van der Waals surface area contributed by atoms with Gasteiger partial charge in [0.1, 0.15) is 17.2 Å². The average molecular weight is 399 g/mol. The molecule has 0 aliphatic carbocycles. The standard InChI is InChI=1S/C25H25N3O2/c1-15-5-8-20(17(3)11-15)22-14-23(21-9-6-16(2)12-18(21)4)27-28(26-22)24-10-7-19(29)13-25(24)30/h5-14,26,29-30H,1-4H3. The molecule has 0 atom stereocenters. The molecule has 152 valence electrons. The van der Waals surface area contributed by atoms with Crippen molar-refractivity contribution in [2.45, 2.75) is 27.7 Å². The van der Waals surface area contributed by atoms with Crippen molar-refractivity contribution in [2.75, 3.05) is 5.12 Å². The van der Waals surface area contributed by atoms with E-state index in [0.717, 1.165) is 33.7 Å². The van der Waals surface area contributed by atoms with Crippen LogP contribution in [0.25, 0.3) is 5.70 Å². The van der Waals surface area contributed by atoms with Gasteiger partial charge in [0.2, 0.25) is 0 Å². The van der Waals surface area contributed by atoms with Crippen molar-refractivity contribution in [1.82, 2.24) is 5.43 Å². The van der Waals surface area contributed by atoms with Crippen LogP contribution in [0, 0.1) is 27.7 Å². The van der Waals surface area contributed by atoms with Gasteiger partial charge in [-0.1, -0.05) is 47.5 Å². The Balaban J connectivity index is 1.87. The zero-order chi connectivity index (χ0) is 21.4. The lowest BCUT2D eigenvalue weighted by Crippen LogP contribution is -2.37. The highest BCUT2D eigenvalue weighted by atomic mass is 16.3. The van der Waals surface area contributed by atoms with E-state index in [9.17, 15) is 10.2 Å². The van der Waals surface area contributed by atoms with Gasteiger partial charge in [0, 0.05) is 17.2 Å². The Bertz CT molecular complexity index is 1190. The van der Waals surface area contributed by atoms with Gasteiger partial charge < -0.3 is 10.2 Å². The van der Waals surface area contributed by atoms with Crippen LogP contribution in [0.2, 0.25) is 0 Å². The molecule has 0 saturated heterocycles. The second kappa shape index (κ2) is 7.59. The summed E-state index contributed by atoms with van der Waals surface area (Å²) in [6.07, 6.45) is 2.03. The highest BCUT2D eigenvalue weighted by molar-refractivity contribution is 6.14. The summed E-state index contributed by atoms with van der Waals surface area (Å²) in [5.74, 6) is -0.0647. The Morgan fingerprint density at radius 2 is 1.40 bits per heavy atom. The molecule has 0 radical (unpaired) electrons. The number of phenolic OH excluding ortho intramolecular Hbond substituents is 2. The predicted octanol–water partition coefficient (Wildman–Crippen LogP) is 5.10. The number of aromatic hydroxyl groups is 2. The molecular weight excluding hydrogens is 374 g/mol. The highest BCUT2D eigenvalue weighted by Gasteiger charge is 2.21. The first kappa shape index (κ1) is 19.6. The van der Waals surface area contributed by atoms with Crippen LogP contribution in [0.1, 0.15) is 33.4 Å². The van der Waals surface area contributed by atoms with Gasteiger partial charge in [0.05, 0.1) is 11.4 Å². The molecule has 0 aromatic heterocycles. The summed E-state index contributed by atoms with van der Waals surface area (Å²) < 4.78 is 0. The molecule has 0 unspecified atom stereocenters. The van der Waals surface area contributed by atoms with Crippen molar-refractivity contribution in [3.63, 3.8) is 0 Å². The SMILES string of the molecule is Cc1ccc(C2=CC(c3ccc(C)cc3C)=NN(c3ccc(O)cc3O)N2)c(C)c1. The Hall–Kier alpha value is -3.73. The molecule has 3 aromatic rings. The fourth-order valence-electron chi connectivity index (χ4n) is 3.74. The van der Waals surface area contributed by atoms with Gasteiger partial charge in [-0.05, 0) is 57.0 Å². The number of nitrogens with one attached hydrogen (secondary N) is 1. The fraction of sp³-hybridized carbons (Fsp3) is 0.160. The summed E-state index contributed by atoms with van der Waals surface area (Å²) in [5, 5.41) is 26.4. The summed E-state index contributed by atoms with van der Waals surface area (Å²) in [5.41, 5.74) is 12.2. The normalized spacial score (nSPS) is 13.5. The number of benzene rings is 3. The maximum absolute atomic E-state index is 10.4. The monoisotopic (exact) mass is 399 g/mol. The zero-order valence-corrected chi connectivity index (χ0v) is 17.6. The Kier molecular flexibility index (Phi) is 4.96. The second-order valence-electron chi connectivity index (χ2n) is 7.78. The van der Waals surface area contributed by atoms with E-state index in [1.54, 1.807) is 11.2 Å². The molecule has 3 aromatic carbocycles. The molecule has 0 bridgehead atoms. The first-order valence-electron chi connectivity index (χ1n) is 9.86. The minimum atomic E-state index is -0.0619. The molecule has 1 heterocycles. The van der Waals surface area contributed by atoms with E-state index in [4.69, 9.17) is 5.10 Å². The van der Waals surface area contributed by atoms with Crippen LogP contribution in [0.4, 0.5) is 5.69 Å². The van der Waals surface area contributed by atoms with Crippen molar-refractivity contribution in [2.24, 2.45) is 5.10 Å². The van der Waals surface area contributed by atoms with Crippen molar-refractivity contribution in [3.05, 3.63) is 94.1 Å². The van der Waals surface area contributed by atoms with Crippen LogP contribution in [-0.4, -0.2) is 15.9 Å². The summed E-state index contributed by atoms with van der Waals surface area (Å²) in [7, 11) is 0. The summed E-state index contributed by atoms with van der Waals surface area (Å²) in [4.78, 5) is 0. The van der Waals surface area contributed by atoms with Crippen molar-refractivity contribution < 1.29 is 10.2 Å². The number of hydrogen-bond donors (Lipinski definition) is 3. The molecule has 5 nitrogen and oxygen atoms in total. The Morgan fingerprint density at radius 3 is 2.00 bits per heavy atom. The zero-order valence-electron chi connectivity index (χ0n) is 17.6. The molecule has 0 amide bonds. The summed E-state index contributed by atoms with van der Waals surface area (Å²) >= 11 is 0. The number of hydrazone groups is 1. The average Bonchev–Trinajstić information content (AvgIpc) is 2.67. The fourth-order valence-corrected chi connectivity index (χ4v) is 3.74. The molecular formula is C25H25N3O2. The van der Waals surface area contributed by atoms with Crippen LogP contribution in [0.3, 0.4) is 0 Å². The third-order valence-corrected chi connectivity index (χ3v) is 5.23. The van der Waals surface area contributed by atoms with Crippen LogP contribution in [-0.2, 0) is 0 Å². The second-order valence-corrected chi connectivity index (χ2v) is 7.78. The number of nitrogens with zero attached hydrogens (tertiary/aromatic N) is 2. The molecule has 0 fully saturated rings. The van der Waals surface area contributed by atoms with Gasteiger partial charge >= 0.3 is 0 Å². The van der Waals surface area contributed by atoms with E-state index in [1.807, 2.05) is 6.08 Å². The minimum Gasteiger partial charge on any atom is -0.508 e. The Labute approximate surface area is 176 Å². The molecule has 0 spiro atoms. The van der Waals surface area contributed by atoms with Gasteiger partial charge in [0.25, 0.3) is 0 Å². The number of phenols is 2. The maximum Gasteiger partial charge on any atom is 0.146 e. The number of aryl methyl sites for hydroxylation is 4. The van der Waals surface area contributed by atoms with Crippen molar-refractivity contribution in [1.29, 1.82) is 0 Å². The molecule has 1 aliphatic rings. The third-order valence-electron chi connectivity index (χ3n) is 5.23. The largest absolute Gasteiger partial charge is 0.508 e. The van der Waals surface area contributed by atoms with Crippen LogP contribution in [0.5, 0.6) is 11.5 Å². The number of rotatable bonds is 3. The highest BCUT2D eigenvalue weighted by Crippen LogP contribution is 2.33. The molecule has 5 heteroatoms. The van der Waals surface area contributed by atoms with E-state index in [0.29, 0.717) is 5.69 Å². The lowest BCUT2D eigenvalue weighted by molar-refractivity contribution is 0.449. The van der Waals surface area contributed by atoms with Gasteiger partial charge in [0.15, 0.2) is 0 Å². The number of hydrazine groups is 1. The Morgan fingerprint density at radius 1 is 0.767 bits per heavy atom. The van der Waals surface area contributed by atoms with Crippen molar-refractivity contribution in [3.8, 4) is 11.5 Å². The quantitative estimate of drug-likeness (QED) is 0.573. The lowest BCUT2D eigenvalue weighted by atomic mass is 9.98. The maximum atomic E-state index is 10.4. The van der Waals surface area contributed by atoms with Gasteiger partial charge in [-0.15, -0.1) is 0 Å². The number of anilines is 1. The van der Waals surface area contributed by atoms with Crippen LogP contribution in [0.15, 0.2) is 65.8 Å². The molecule has 4 rings (SSSR count). The number of allylic oxidation sites excluding steroid dienone is 1. The minimum absolute atomic E-state index is 0.00279. The van der Waals surface area contributed by atoms with Gasteiger partial charge in [-0.25, -0.2) is 0 Å². The van der Waals surface area contributed by atoms with Gasteiger partial charge in [-0.3, -0.25) is 5.43 Å². The molecule has 30 heavy (non-hydrogen) atoms. The van der Waals surface area contributed by atoms with Crippen molar-refractivity contribution >= 4 is 17.1 Å². The molecule has 3 N–H and O–H groups in total. The van der Waals surface area contributed by atoms with E-state index in [-0.39, 0.29) is 11.5 Å². The van der Waals surface area contributed by atoms with E-state index in [2.05, 4.69) is 69.5 Å². The first-order chi connectivity index (χ1) is 14.3. The first-order valence-corrected chi connectivity index (χ1v) is 9.86. The van der Waals surface area contributed by atoms with Crippen LogP contribution >= 0.6 is 0 Å². The van der Waals surface area contributed by atoms with E-state index in [1.165, 1.54) is 23.3 Å². The van der Waals surface area contributed by atoms with E-state index < -0.39 is 0 Å². The predicted molar refractivity (Wildman–Crippen MR) is 122 cm³/mol. The van der Waals surface area contributed by atoms with E-state index >= 15 is 0 Å². The smallest absolute Gasteiger partial charge is 0.146 e. The molecule has 0 saturated carbocycles. The van der Waals surface area contributed by atoms with Crippen LogP contribution < -0.4 is 10.5 Å². The number of hydrogen-bond acceptors (Lipinski definition) is 5. The third kappa shape index (κ3) is 3.74. The summed E-state index contributed by atoms with van der Waals surface area (Å²) in [6.45, 7) is 8.29. The topological polar surface area (TPSA) is 68.1 Å². The molecule has 1 aliphatic heterocycles.